The molecule has 0 unspecified atom stereocenters. The summed E-state index contributed by atoms with van der Waals surface area (Å²) in [5.74, 6) is 0.255. The zero-order valence-corrected chi connectivity index (χ0v) is 14.7. The molecule has 140 valence electrons. The Balaban J connectivity index is 1.55. The van der Waals surface area contributed by atoms with Gasteiger partial charge in [0.15, 0.2) is 5.65 Å². The zero-order chi connectivity index (χ0) is 18.8. The lowest BCUT2D eigenvalue weighted by atomic mass is 9.93. The van der Waals surface area contributed by atoms with E-state index in [9.17, 15) is 9.90 Å². The number of aliphatic hydroxyl groups excluding tert-OH is 1. The molecule has 0 radical (unpaired) electrons. The van der Waals surface area contributed by atoms with Crippen LogP contribution in [0.3, 0.4) is 0 Å². The highest BCUT2D eigenvalue weighted by molar-refractivity contribution is 5.89. The number of aromatic nitrogens is 3. The summed E-state index contributed by atoms with van der Waals surface area (Å²) in [6, 6.07) is 12.5. The van der Waals surface area contributed by atoms with Crippen LogP contribution >= 0.6 is 0 Å². The van der Waals surface area contributed by atoms with Crippen molar-refractivity contribution in [1.82, 2.24) is 14.6 Å². The molecule has 4 N–H and O–H groups in total. The molecule has 1 aliphatic carbocycles. The minimum atomic E-state index is -0.981. The molecule has 2 aromatic heterocycles. The lowest BCUT2D eigenvalue weighted by Gasteiger charge is -2.26. The molecule has 0 aliphatic heterocycles. The Morgan fingerprint density at radius 2 is 1.89 bits per heavy atom. The van der Waals surface area contributed by atoms with Gasteiger partial charge in [-0.15, -0.1) is 5.10 Å². The summed E-state index contributed by atoms with van der Waals surface area (Å²) in [5.41, 5.74) is 1.50. The molecule has 4 rings (SSSR count). The maximum atomic E-state index is 11.1. The van der Waals surface area contributed by atoms with Gasteiger partial charge in [0.2, 0.25) is 5.95 Å². The number of hydrogen-bond donors (Lipinski definition) is 4. The van der Waals surface area contributed by atoms with E-state index in [0.29, 0.717) is 23.3 Å². The highest BCUT2D eigenvalue weighted by Gasteiger charge is 2.20. The molecule has 0 spiro atoms. The molecule has 0 amide bonds. The first-order chi connectivity index (χ1) is 13.1. The van der Waals surface area contributed by atoms with Crippen molar-refractivity contribution in [1.29, 1.82) is 0 Å². The standard InChI is InChI=1S/C19H21N5O3/c25-15-9-7-13(8-10-15)20-16-5-2-6-17-22-19(23-24(16)17)21-14-4-1-3-12(11-14)18(26)27/h1-6,11,13,15,20,25H,7-10H2,(H,21,23)(H,26,27)/t13-,15+. The van der Waals surface area contributed by atoms with Crippen LogP contribution in [0.25, 0.3) is 5.65 Å². The second-order valence-corrected chi connectivity index (χ2v) is 6.78. The molecular formula is C19H21N5O3. The van der Waals surface area contributed by atoms with Crippen molar-refractivity contribution in [2.45, 2.75) is 37.8 Å². The molecule has 27 heavy (non-hydrogen) atoms. The fraction of sp³-hybridized carbons (Fsp3) is 0.316. The minimum absolute atomic E-state index is 0.192. The number of fused-ring (bicyclic) bond motifs is 1. The SMILES string of the molecule is O=C(O)c1cccc(Nc2nc3cccc(N[C@H]4CC[C@@H](O)CC4)n3n2)c1. The maximum absolute atomic E-state index is 11.1. The van der Waals surface area contributed by atoms with Gasteiger partial charge in [0.05, 0.1) is 11.7 Å². The van der Waals surface area contributed by atoms with Gasteiger partial charge in [0.25, 0.3) is 0 Å². The van der Waals surface area contributed by atoms with Crippen LogP contribution < -0.4 is 10.6 Å². The molecule has 1 fully saturated rings. The van der Waals surface area contributed by atoms with Gasteiger partial charge in [-0.1, -0.05) is 12.1 Å². The van der Waals surface area contributed by atoms with Gasteiger partial charge in [-0.05, 0) is 56.0 Å². The van der Waals surface area contributed by atoms with E-state index < -0.39 is 5.97 Å². The average Bonchev–Trinajstić information content (AvgIpc) is 3.07. The Morgan fingerprint density at radius 1 is 1.11 bits per heavy atom. The van der Waals surface area contributed by atoms with E-state index in [1.807, 2.05) is 18.2 Å². The Hall–Kier alpha value is -3.13. The number of nitrogens with one attached hydrogen (secondary N) is 2. The molecule has 0 atom stereocenters. The summed E-state index contributed by atoms with van der Waals surface area (Å²) >= 11 is 0. The molecule has 3 aromatic rings. The number of rotatable bonds is 5. The van der Waals surface area contributed by atoms with Gasteiger partial charge in [-0.25, -0.2) is 4.79 Å². The number of hydrogen-bond acceptors (Lipinski definition) is 6. The molecule has 1 aliphatic rings. The van der Waals surface area contributed by atoms with Gasteiger partial charge in [-0.2, -0.15) is 9.50 Å². The third kappa shape index (κ3) is 3.85. The van der Waals surface area contributed by atoms with Crippen molar-refractivity contribution in [2.24, 2.45) is 0 Å². The number of nitrogens with zero attached hydrogens (tertiary/aromatic N) is 3. The summed E-state index contributed by atoms with van der Waals surface area (Å²) < 4.78 is 1.73. The van der Waals surface area contributed by atoms with Crippen molar-refractivity contribution in [3.05, 3.63) is 48.0 Å². The summed E-state index contributed by atoms with van der Waals surface area (Å²) in [4.78, 5) is 15.6. The predicted octanol–water partition coefficient (Wildman–Crippen LogP) is 2.89. The molecular weight excluding hydrogens is 346 g/mol. The number of aromatic carboxylic acids is 1. The fourth-order valence-corrected chi connectivity index (χ4v) is 3.36. The van der Waals surface area contributed by atoms with E-state index in [-0.39, 0.29) is 11.7 Å². The van der Waals surface area contributed by atoms with Crippen LogP contribution in [0.2, 0.25) is 0 Å². The second kappa shape index (κ2) is 7.24. The van der Waals surface area contributed by atoms with Gasteiger partial charge < -0.3 is 20.8 Å². The van der Waals surface area contributed by atoms with Crippen molar-refractivity contribution >= 4 is 29.1 Å². The molecule has 0 saturated heterocycles. The highest BCUT2D eigenvalue weighted by atomic mass is 16.4. The maximum Gasteiger partial charge on any atom is 0.335 e. The third-order valence-electron chi connectivity index (χ3n) is 4.77. The van der Waals surface area contributed by atoms with E-state index >= 15 is 0 Å². The summed E-state index contributed by atoms with van der Waals surface area (Å²) in [5, 5.41) is 29.8. The fourth-order valence-electron chi connectivity index (χ4n) is 3.36. The van der Waals surface area contributed by atoms with E-state index in [1.54, 1.807) is 22.7 Å². The van der Waals surface area contributed by atoms with Gasteiger partial charge in [-0.3, -0.25) is 0 Å². The summed E-state index contributed by atoms with van der Waals surface area (Å²) in [7, 11) is 0. The monoisotopic (exact) mass is 367 g/mol. The Morgan fingerprint density at radius 3 is 2.67 bits per heavy atom. The van der Waals surface area contributed by atoms with Crippen molar-refractivity contribution in [3.63, 3.8) is 0 Å². The molecule has 8 heteroatoms. The Bertz CT molecular complexity index is 963. The van der Waals surface area contributed by atoms with Crippen LogP contribution in [-0.4, -0.2) is 42.9 Å². The van der Waals surface area contributed by atoms with Gasteiger partial charge in [0, 0.05) is 11.7 Å². The van der Waals surface area contributed by atoms with Crippen LogP contribution in [0.1, 0.15) is 36.0 Å². The Labute approximate surface area is 155 Å². The minimum Gasteiger partial charge on any atom is -0.478 e. The molecule has 0 bridgehead atoms. The highest BCUT2D eigenvalue weighted by Crippen LogP contribution is 2.23. The molecule has 1 saturated carbocycles. The van der Waals surface area contributed by atoms with E-state index in [4.69, 9.17) is 5.11 Å². The topological polar surface area (TPSA) is 112 Å². The lowest BCUT2D eigenvalue weighted by Crippen LogP contribution is -2.29. The molecule has 1 aromatic carbocycles. The Kier molecular flexibility index (Phi) is 4.64. The largest absolute Gasteiger partial charge is 0.478 e. The lowest BCUT2D eigenvalue weighted by molar-refractivity contribution is 0.0697. The van der Waals surface area contributed by atoms with Gasteiger partial charge in [0.1, 0.15) is 5.82 Å². The predicted molar refractivity (Wildman–Crippen MR) is 102 cm³/mol. The molecule has 8 nitrogen and oxygen atoms in total. The number of carboxylic acid groups (broad SMARTS) is 1. The van der Waals surface area contributed by atoms with E-state index in [2.05, 4.69) is 20.7 Å². The normalized spacial score (nSPS) is 19.7. The number of carbonyl (C=O) groups is 1. The number of carboxylic acids is 1. The number of pyridine rings is 1. The summed E-state index contributed by atoms with van der Waals surface area (Å²) in [6.45, 7) is 0. The number of benzene rings is 1. The number of anilines is 3. The van der Waals surface area contributed by atoms with Crippen LogP contribution in [0, 0.1) is 0 Å². The van der Waals surface area contributed by atoms with Crippen molar-refractivity contribution in [3.8, 4) is 0 Å². The van der Waals surface area contributed by atoms with Gasteiger partial charge >= 0.3 is 5.97 Å². The zero-order valence-electron chi connectivity index (χ0n) is 14.7. The van der Waals surface area contributed by atoms with Crippen LogP contribution in [-0.2, 0) is 0 Å². The second-order valence-electron chi connectivity index (χ2n) is 6.78. The van der Waals surface area contributed by atoms with E-state index in [0.717, 1.165) is 31.5 Å². The van der Waals surface area contributed by atoms with Crippen molar-refractivity contribution in [2.75, 3.05) is 10.6 Å². The smallest absolute Gasteiger partial charge is 0.335 e. The average molecular weight is 367 g/mol. The van der Waals surface area contributed by atoms with Crippen LogP contribution in [0.15, 0.2) is 42.5 Å². The number of aliphatic hydroxyl groups is 1. The summed E-state index contributed by atoms with van der Waals surface area (Å²) in [6.07, 6.45) is 3.25. The quantitative estimate of drug-likeness (QED) is 0.548. The third-order valence-corrected chi connectivity index (χ3v) is 4.77. The van der Waals surface area contributed by atoms with E-state index in [1.165, 1.54) is 6.07 Å². The van der Waals surface area contributed by atoms with Crippen LogP contribution in [0.4, 0.5) is 17.5 Å². The first kappa shape index (κ1) is 17.3. The first-order valence-corrected chi connectivity index (χ1v) is 8.99. The first-order valence-electron chi connectivity index (χ1n) is 8.99. The van der Waals surface area contributed by atoms with Crippen molar-refractivity contribution < 1.29 is 15.0 Å². The van der Waals surface area contributed by atoms with Crippen LogP contribution in [0.5, 0.6) is 0 Å². The molecule has 2 heterocycles.